The van der Waals surface area contributed by atoms with Crippen LogP contribution in [0.2, 0.25) is 0 Å². The van der Waals surface area contributed by atoms with Crippen molar-refractivity contribution in [3.63, 3.8) is 0 Å². The van der Waals surface area contributed by atoms with Crippen LogP contribution in [0.3, 0.4) is 0 Å². The monoisotopic (exact) mass is 474 g/mol. The molecule has 2 aliphatic carbocycles. The fourth-order valence-electron chi connectivity index (χ4n) is 5.75. The summed E-state index contributed by atoms with van der Waals surface area (Å²) in [4.78, 5) is 0. The lowest BCUT2D eigenvalue weighted by atomic mass is 9.76. The summed E-state index contributed by atoms with van der Waals surface area (Å²) in [6, 6.07) is 17.5. The molecular formula is C33H46O2. The summed E-state index contributed by atoms with van der Waals surface area (Å²) in [5.74, 6) is 4.34. The molecule has 2 aliphatic rings. The van der Waals surface area contributed by atoms with Gasteiger partial charge in [-0.2, -0.15) is 0 Å². The number of hydrogen-bond donors (Lipinski definition) is 0. The Labute approximate surface area is 214 Å². The van der Waals surface area contributed by atoms with Gasteiger partial charge in [0.15, 0.2) is 0 Å². The number of allylic oxidation sites excluding steroid dienone is 2. The van der Waals surface area contributed by atoms with E-state index in [-0.39, 0.29) is 5.41 Å². The van der Waals surface area contributed by atoms with Gasteiger partial charge in [0.25, 0.3) is 0 Å². The van der Waals surface area contributed by atoms with E-state index in [9.17, 15) is 0 Å². The zero-order valence-electron chi connectivity index (χ0n) is 22.9. The normalized spacial score (nSPS) is 24.2. The Kier molecular flexibility index (Phi) is 8.30. The van der Waals surface area contributed by atoms with Gasteiger partial charge < -0.3 is 9.47 Å². The molecule has 4 rings (SSSR count). The van der Waals surface area contributed by atoms with Gasteiger partial charge in [0.05, 0.1) is 12.7 Å². The molecule has 2 heteroatoms. The minimum absolute atomic E-state index is 0.0769. The van der Waals surface area contributed by atoms with Gasteiger partial charge in [-0.15, -0.1) is 0 Å². The fraction of sp³-hybridized carbons (Fsp3) is 0.576. The second-order valence-electron chi connectivity index (χ2n) is 12.0. The molecule has 0 amide bonds. The fourth-order valence-corrected chi connectivity index (χ4v) is 5.75. The molecule has 1 saturated carbocycles. The smallest absolute Gasteiger partial charge is 0.119 e. The average Bonchev–Trinajstić information content (AvgIpc) is 3.01. The molecule has 2 aromatic carbocycles. The van der Waals surface area contributed by atoms with E-state index in [2.05, 4.69) is 90.1 Å². The SMILES string of the molecule is CC1=C(C)CCC(Oc2ccc(C(C)(C)c3ccc(OCC4CCC(C)C(C)C4)cc3)cc2)CC1. The Morgan fingerprint density at radius 3 is 1.80 bits per heavy atom. The molecule has 0 aromatic heterocycles. The first-order valence-electron chi connectivity index (χ1n) is 13.9. The van der Waals surface area contributed by atoms with Crippen LogP contribution in [0.25, 0.3) is 0 Å². The number of ether oxygens (including phenoxy) is 2. The summed E-state index contributed by atoms with van der Waals surface area (Å²) in [5.41, 5.74) is 5.62. The first kappa shape index (κ1) is 25.9. The molecule has 0 heterocycles. The minimum Gasteiger partial charge on any atom is -0.493 e. The lowest BCUT2D eigenvalue weighted by Gasteiger charge is -2.32. The van der Waals surface area contributed by atoms with Crippen LogP contribution in [0.15, 0.2) is 59.7 Å². The third-order valence-corrected chi connectivity index (χ3v) is 9.06. The minimum atomic E-state index is -0.0769. The maximum Gasteiger partial charge on any atom is 0.119 e. The number of hydrogen-bond acceptors (Lipinski definition) is 2. The first-order chi connectivity index (χ1) is 16.7. The Morgan fingerprint density at radius 2 is 1.26 bits per heavy atom. The van der Waals surface area contributed by atoms with Gasteiger partial charge in [0.2, 0.25) is 0 Å². The lowest BCUT2D eigenvalue weighted by Crippen LogP contribution is -2.24. The van der Waals surface area contributed by atoms with E-state index < -0.39 is 0 Å². The standard InChI is InChI=1S/C33H46O2/c1-23-8-15-31(16-9-24(23)2)35-32-19-13-29(14-20-32)33(5,6)28-11-17-30(18-12-28)34-22-27-10-7-25(3)26(4)21-27/h11-14,17-20,25-27,31H,7-10,15-16,21-22H2,1-6H3. The highest BCUT2D eigenvalue weighted by atomic mass is 16.5. The van der Waals surface area contributed by atoms with Crippen LogP contribution in [0.1, 0.15) is 97.6 Å². The highest BCUT2D eigenvalue weighted by Gasteiger charge is 2.26. The molecule has 2 aromatic rings. The summed E-state index contributed by atoms with van der Waals surface area (Å²) in [6.07, 6.45) is 8.78. The largest absolute Gasteiger partial charge is 0.493 e. The maximum absolute atomic E-state index is 6.37. The van der Waals surface area contributed by atoms with E-state index in [1.165, 1.54) is 30.4 Å². The van der Waals surface area contributed by atoms with Gasteiger partial charge in [-0.1, -0.05) is 69.5 Å². The van der Waals surface area contributed by atoms with Crippen molar-refractivity contribution in [1.82, 2.24) is 0 Å². The lowest BCUT2D eigenvalue weighted by molar-refractivity contribution is 0.148. The topological polar surface area (TPSA) is 18.5 Å². The van der Waals surface area contributed by atoms with E-state index in [0.717, 1.165) is 55.6 Å². The molecule has 2 nitrogen and oxygen atoms in total. The molecule has 3 unspecified atom stereocenters. The van der Waals surface area contributed by atoms with Crippen molar-refractivity contribution in [1.29, 1.82) is 0 Å². The molecule has 1 fully saturated rings. The Morgan fingerprint density at radius 1 is 0.714 bits per heavy atom. The zero-order valence-corrected chi connectivity index (χ0v) is 22.9. The van der Waals surface area contributed by atoms with Gasteiger partial charge in [-0.3, -0.25) is 0 Å². The summed E-state index contributed by atoms with van der Waals surface area (Å²) in [6.45, 7) is 14.8. The third-order valence-electron chi connectivity index (χ3n) is 9.06. The summed E-state index contributed by atoms with van der Waals surface area (Å²) in [5, 5.41) is 0. The highest BCUT2D eigenvalue weighted by Crippen LogP contribution is 2.36. The molecule has 3 atom stereocenters. The molecule has 0 N–H and O–H groups in total. The van der Waals surface area contributed by atoms with Gasteiger partial charge in [-0.05, 0) is 106 Å². The molecule has 190 valence electrons. The van der Waals surface area contributed by atoms with Crippen molar-refractivity contribution < 1.29 is 9.47 Å². The van der Waals surface area contributed by atoms with Crippen LogP contribution in [0, 0.1) is 17.8 Å². The second kappa shape index (κ2) is 11.2. The van der Waals surface area contributed by atoms with Crippen molar-refractivity contribution in [2.24, 2.45) is 17.8 Å². The molecule has 0 radical (unpaired) electrons. The van der Waals surface area contributed by atoms with Crippen LogP contribution in [0.5, 0.6) is 11.5 Å². The van der Waals surface area contributed by atoms with Crippen LogP contribution < -0.4 is 9.47 Å². The van der Waals surface area contributed by atoms with Crippen LogP contribution >= 0.6 is 0 Å². The van der Waals surface area contributed by atoms with E-state index >= 15 is 0 Å². The van der Waals surface area contributed by atoms with Crippen molar-refractivity contribution in [3.05, 3.63) is 70.8 Å². The number of benzene rings is 2. The molecule has 0 aliphatic heterocycles. The summed E-state index contributed by atoms with van der Waals surface area (Å²) >= 11 is 0. The number of rotatable bonds is 7. The molecule has 0 bridgehead atoms. The van der Waals surface area contributed by atoms with Crippen molar-refractivity contribution in [2.75, 3.05) is 6.61 Å². The highest BCUT2D eigenvalue weighted by molar-refractivity contribution is 5.42. The van der Waals surface area contributed by atoms with Crippen molar-refractivity contribution in [2.45, 2.75) is 98.0 Å². The van der Waals surface area contributed by atoms with Crippen LogP contribution in [0.4, 0.5) is 0 Å². The zero-order chi connectivity index (χ0) is 25.0. The van der Waals surface area contributed by atoms with E-state index in [0.29, 0.717) is 12.0 Å². The predicted molar refractivity (Wildman–Crippen MR) is 147 cm³/mol. The summed E-state index contributed by atoms with van der Waals surface area (Å²) in [7, 11) is 0. The Balaban J connectivity index is 1.33. The maximum atomic E-state index is 6.37. The van der Waals surface area contributed by atoms with Crippen molar-refractivity contribution >= 4 is 0 Å². The van der Waals surface area contributed by atoms with Gasteiger partial charge >= 0.3 is 0 Å². The quantitative estimate of drug-likeness (QED) is 0.372. The van der Waals surface area contributed by atoms with Crippen LogP contribution in [-0.2, 0) is 5.41 Å². The van der Waals surface area contributed by atoms with Gasteiger partial charge in [-0.25, -0.2) is 0 Å². The summed E-state index contributed by atoms with van der Waals surface area (Å²) < 4.78 is 12.6. The van der Waals surface area contributed by atoms with Gasteiger partial charge in [0.1, 0.15) is 11.5 Å². The van der Waals surface area contributed by atoms with Gasteiger partial charge in [0, 0.05) is 5.41 Å². The van der Waals surface area contributed by atoms with E-state index in [1.54, 1.807) is 11.1 Å². The van der Waals surface area contributed by atoms with E-state index in [1.807, 2.05) is 0 Å². The molecular weight excluding hydrogens is 428 g/mol. The Hall–Kier alpha value is -2.22. The molecule has 0 saturated heterocycles. The first-order valence-corrected chi connectivity index (χ1v) is 13.9. The average molecular weight is 475 g/mol. The molecule has 0 spiro atoms. The van der Waals surface area contributed by atoms with Crippen molar-refractivity contribution in [3.8, 4) is 11.5 Å². The predicted octanol–water partition coefficient (Wildman–Crippen LogP) is 9.12. The Bertz CT molecular complexity index is 967. The van der Waals surface area contributed by atoms with E-state index in [4.69, 9.17) is 9.47 Å². The molecule has 35 heavy (non-hydrogen) atoms. The third kappa shape index (κ3) is 6.51. The van der Waals surface area contributed by atoms with Crippen LogP contribution in [-0.4, -0.2) is 12.7 Å². The second-order valence-corrected chi connectivity index (χ2v) is 12.0.